The number of para-hydroxylation sites is 1. The summed E-state index contributed by atoms with van der Waals surface area (Å²) in [6, 6.07) is 11.2. The average molecular weight is 324 g/mol. The lowest BCUT2D eigenvalue weighted by Crippen LogP contribution is -2.36. The van der Waals surface area contributed by atoms with Crippen LogP contribution >= 0.6 is 0 Å². The molecule has 1 amide bonds. The minimum absolute atomic E-state index is 0.160. The largest absolute Gasteiger partial charge is 0.452 e. The number of carbonyl (C=O) groups is 2. The number of aromatic amines is 1. The van der Waals surface area contributed by atoms with E-state index in [-0.39, 0.29) is 25.9 Å². The van der Waals surface area contributed by atoms with E-state index in [0.717, 1.165) is 10.9 Å². The number of nitriles is 2. The zero-order chi connectivity index (χ0) is 17.4. The summed E-state index contributed by atoms with van der Waals surface area (Å²) in [7, 11) is 0. The van der Waals surface area contributed by atoms with Gasteiger partial charge in [-0.25, -0.2) is 4.79 Å². The number of rotatable bonds is 7. The van der Waals surface area contributed by atoms with Crippen LogP contribution in [0.25, 0.3) is 10.9 Å². The van der Waals surface area contributed by atoms with Gasteiger partial charge >= 0.3 is 5.97 Å². The minimum Gasteiger partial charge on any atom is -0.452 e. The highest BCUT2D eigenvalue weighted by Gasteiger charge is 2.18. The molecule has 0 atom stereocenters. The number of amides is 1. The van der Waals surface area contributed by atoms with Crippen molar-refractivity contribution in [2.45, 2.75) is 12.8 Å². The molecule has 1 heterocycles. The predicted molar refractivity (Wildman–Crippen MR) is 85.6 cm³/mol. The highest BCUT2D eigenvalue weighted by Crippen LogP contribution is 2.18. The predicted octanol–water partition coefficient (Wildman–Crippen LogP) is 1.98. The van der Waals surface area contributed by atoms with Crippen LogP contribution in [0.4, 0.5) is 0 Å². The van der Waals surface area contributed by atoms with Crippen LogP contribution in [0.5, 0.6) is 0 Å². The van der Waals surface area contributed by atoms with Crippen LogP contribution in [-0.4, -0.2) is 41.5 Å². The number of aromatic nitrogens is 1. The fourth-order valence-electron chi connectivity index (χ4n) is 2.27. The van der Waals surface area contributed by atoms with Crippen LogP contribution in [0.1, 0.15) is 23.2 Å². The molecular formula is C17H16N4O3. The van der Waals surface area contributed by atoms with Crippen molar-refractivity contribution in [2.24, 2.45) is 0 Å². The van der Waals surface area contributed by atoms with Crippen molar-refractivity contribution >= 4 is 22.8 Å². The number of carbonyl (C=O) groups excluding carboxylic acids is 2. The van der Waals surface area contributed by atoms with Crippen molar-refractivity contribution < 1.29 is 14.3 Å². The number of H-pyrrole nitrogens is 1. The van der Waals surface area contributed by atoms with E-state index in [1.54, 1.807) is 12.3 Å². The number of hydrogen-bond donors (Lipinski definition) is 1. The number of ether oxygens (including phenoxy) is 1. The number of nitrogens with zero attached hydrogens (tertiary/aromatic N) is 3. The summed E-state index contributed by atoms with van der Waals surface area (Å²) in [6.07, 6.45) is 1.86. The Morgan fingerprint density at radius 2 is 1.79 bits per heavy atom. The van der Waals surface area contributed by atoms with Gasteiger partial charge in [0.25, 0.3) is 5.91 Å². The first-order chi connectivity index (χ1) is 11.7. The Labute approximate surface area is 139 Å². The molecule has 0 unspecified atom stereocenters. The molecule has 1 aromatic heterocycles. The second kappa shape index (κ2) is 8.35. The van der Waals surface area contributed by atoms with E-state index in [4.69, 9.17) is 15.3 Å². The minimum atomic E-state index is -0.596. The summed E-state index contributed by atoms with van der Waals surface area (Å²) in [4.78, 5) is 28.6. The number of esters is 1. The van der Waals surface area contributed by atoms with Crippen molar-refractivity contribution in [2.75, 3.05) is 19.7 Å². The Bertz CT molecular complexity index is 795. The van der Waals surface area contributed by atoms with E-state index in [2.05, 4.69) is 4.98 Å². The van der Waals surface area contributed by atoms with Crippen molar-refractivity contribution in [1.82, 2.24) is 9.88 Å². The van der Waals surface area contributed by atoms with Crippen LogP contribution in [-0.2, 0) is 9.53 Å². The molecule has 0 saturated carbocycles. The molecule has 7 heteroatoms. The summed E-state index contributed by atoms with van der Waals surface area (Å²) in [6.45, 7) is -0.00149. The first-order valence-electron chi connectivity index (χ1n) is 7.42. The number of benzene rings is 1. The molecule has 0 saturated heterocycles. The van der Waals surface area contributed by atoms with Gasteiger partial charge in [0.15, 0.2) is 6.61 Å². The molecule has 7 nitrogen and oxygen atoms in total. The van der Waals surface area contributed by atoms with Gasteiger partial charge in [0, 0.05) is 30.2 Å². The Morgan fingerprint density at radius 1 is 1.12 bits per heavy atom. The van der Waals surface area contributed by atoms with E-state index in [1.165, 1.54) is 4.90 Å². The molecule has 1 aromatic carbocycles. The summed E-state index contributed by atoms with van der Waals surface area (Å²) in [5.41, 5.74) is 1.17. The number of nitrogens with one attached hydrogen (secondary N) is 1. The third-order valence-electron chi connectivity index (χ3n) is 3.48. The zero-order valence-corrected chi connectivity index (χ0v) is 13.0. The Morgan fingerprint density at radius 3 is 2.46 bits per heavy atom. The second-order valence-electron chi connectivity index (χ2n) is 5.02. The van der Waals surface area contributed by atoms with Gasteiger partial charge in [-0.15, -0.1) is 0 Å². The van der Waals surface area contributed by atoms with Crippen molar-refractivity contribution in [3.05, 3.63) is 36.0 Å². The van der Waals surface area contributed by atoms with Gasteiger partial charge in [-0.3, -0.25) is 4.79 Å². The van der Waals surface area contributed by atoms with Gasteiger partial charge < -0.3 is 14.6 Å². The molecule has 0 aliphatic rings. The van der Waals surface area contributed by atoms with Gasteiger partial charge in [0.2, 0.25) is 0 Å². The quantitative estimate of drug-likeness (QED) is 0.783. The molecule has 0 spiro atoms. The van der Waals surface area contributed by atoms with Crippen molar-refractivity contribution in [1.29, 1.82) is 10.5 Å². The molecule has 24 heavy (non-hydrogen) atoms. The Hall–Kier alpha value is -3.32. The summed E-state index contributed by atoms with van der Waals surface area (Å²) in [5, 5.41) is 18.0. The molecule has 2 rings (SSSR count). The van der Waals surface area contributed by atoms with E-state index in [0.29, 0.717) is 5.56 Å². The van der Waals surface area contributed by atoms with Crippen molar-refractivity contribution in [3.8, 4) is 12.1 Å². The van der Waals surface area contributed by atoms with E-state index in [9.17, 15) is 9.59 Å². The van der Waals surface area contributed by atoms with Crippen LogP contribution in [0.3, 0.4) is 0 Å². The second-order valence-corrected chi connectivity index (χ2v) is 5.02. The zero-order valence-electron chi connectivity index (χ0n) is 13.0. The van der Waals surface area contributed by atoms with Gasteiger partial charge in [-0.2, -0.15) is 10.5 Å². The molecule has 0 aliphatic heterocycles. The topological polar surface area (TPSA) is 110 Å². The molecule has 0 radical (unpaired) electrons. The van der Waals surface area contributed by atoms with Crippen LogP contribution in [0.2, 0.25) is 0 Å². The lowest BCUT2D eigenvalue weighted by molar-refractivity contribution is -0.134. The summed E-state index contributed by atoms with van der Waals surface area (Å²) < 4.78 is 5.08. The lowest BCUT2D eigenvalue weighted by atomic mass is 10.2. The Kier molecular flexibility index (Phi) is 5.93. The molecule has 0 bridgehead atoms. The summed E-state index contributed by atoms with van der Waals surface area (Å²) >= 11 is 0. The van der Waals surface area contributed by atoms with Crippen molar-refractivity contribution in [3.63, 3.8) is 0 Å². The summed E-state index contributed by atoms with van der Waals surface area (Å²) in [5.74, 6) is -1.02. The fraction of sp³-hybridized carbons (Fsp3) is 0.294. The monoisotopic (exact) mass is 324 g/mol. The Balaban J connectivity index is 1.97. The normalized spacial score (nSPS) is 9.92. The van der Waals surface area contributed by atoms with Gasteiger partial charge in [0.1, 0.15) is 0 Å². The lowest BCUT2D eigenvalue weighted by Gasteiger charge is -2.20. The standard InChI is InChI=1S/C17H16N4O3/c18-7-3-9-21(10-4-8-19)16(22)12-24-17(23)14-11-20-15-6-2-1-5-13(14)15/h1-2,5-6,11,20H,3-4,9-10,12H2. The fourth-order valence-corrected chi connectivity index (χ4v) is 2.27. The highest BCUT2D eigenvalue weighted by atomic mass is 16.5. The number of fused-ring (bicyclic) bond motifs is 1. The SMILES string of the molecule is N#CCCN(CCC#N)C(=O)COC(=O)c1c[nH]c2ccccc12. The maximum Gasteiger partial charge on any atom is 0.340 e. The van der Waals surface area contributed by atoms with Gasteiger partial charge in [-0.1, -0.05) is 18.2 Å². The molecule has 2 aromatic rings. The van der Waals surface area contributed by atoms with Crippen LogP contribution in [0.15, 0.2) is 30.5 Å². The van der Waals surface area contributed by atoms with Gasteiger partial charge in [0.05, 0.1) is 30.5 Å². The van der Waals surface area contributed by atoms with Gasteiger partial charge in [-0.05, 0) is 6.07 Å². The smallest absolute Gasteiger partial charge is 0.340 e. The average Bonchev–Trinajstić information content (AvgIpc) is 3.03. The first kappa shape index (κ1) is 17.0. The number of hydrogen-bond acceptors (Lipinski definition) is 5. The van der Waals surface area contributed by atoms with E-state index >= 15 is 0 Å². The molecule has 1 N–H and O–H groups in total. The molecule has 122 valence electrons. The highest BCUT2D eigenvalue weighted by molar-refractivity contribution is 6.04. The molecule has 0 fully saturated rings. The maximum absolute atomic E-state index is 12.2. The van der Waals surface area contributed by atoms with Crippen LogP contribution in [0, 0.1) is 22.7 Å². The van der Waals surface area contributed by atoms with Crippen LogP contribution < -0.4 is 0 Å². The maximum atomic E-state index is 12.2. The molecule has 0 aliphatic carbocycles. The molecular weight excluding hydrogens is 308 g/mol. The van der Waals surface area contributed by atoms with E-state index < -0.39 is 18.5 Å². The van der Waals surface area contributed by atoms with E-state index in [1.807, 2.05) is 30.3 Å². The first-order valence-corrected chi connectivity index (χ1v) is 7.42. The third kappa shape index (κ3) is 4.11. The third-order valence-corrected chi connectivity index (χ3v) is 3.48.